The first kappa shape index (κ1) is 24.0. The minimum absolute atomic E-state index is 0.00466. The molecule has 0 radical (unpaired) electrons. The zero-order valence-corrected chi connectivity index (χ0v) is 20.7. The van der Waals surface area contributed by atoms with E-state index in [4.69, 9.17) is 0 Å². The zero-order chi connectivity index (χ0) is 23.4. The molecule has 0 unspecified atom stereocenters. The standard InChI is InChI=1S/C23H28N4O3S2/c1-6-26(15(4)28)22-24-19(12-31-22)10-17-8-14(3)9-18(21(17)30)11-20-13-32-23(25-20)27(7-2)16(5)29/h10-14H,6-9H2,1-5H3/b17-10+,18-11+. The van der Waals surface area contributed by atoms with Gasteiger partial charge in [0.05, 0.1) is 11.4 Å². The zero-order valence-electron chi connectivity index (χ0n) is 19.0. The molecule has 1 aliphatic carbocycles. The quantitative estimate of drug-likeness (QED) is 0.563. The minimum Gasteiger partial charge on any atom is -0.289 e. The van der Waals surface area contributed by atoms with E-state index in [9.17, 15) is 14.4 Å². The maximum Gasteiger partial charge on any atom is 0.225 e. The van der Waals surface area contributed by atoms with Gasteiger partial charge in [-0.15, -0.1) is 22.7 Å². The average molecular weight is 473 g/mol. The maximum absolute atomic E-state index is 13.2. The van der Waals surface area contributed by atoms with Gasteiger partial charge < -0.3 is 0 Å². The topological polar surface area (TPSA) is 83.5 Å². The number of hydrogen-bond donors (Lipinski definition) is 0. The summed E-state index contributed by atoms with van der Waals surface area (Å²) in [6, 6.07) is 0. The molecule has 2 aromatic rings. The number of carbonyl (C=O) groups is 3. The average Bonchev–Trinajstić information content (AvgIpc) is 3.36. The predicted octanol–water partition coefficient (Wildman–Crippen LogP) is 4.81. The smallest absolute Gasteiger partial charge is 0.225 e. The Balaban J connectivity index is 1.85. The number of carbonyl (C=O) groups excluding carboxylic acids is 3. The van der Waals surface area contributed by atoms with Gasteiger partial charge in [0.15, 0.2) is 16.0 Å². The largest absolute Gasteiger partial charge is 0.289 e. The summed E-state index contributed by atoms with van der Waals surface area (Å²) in [5.41, 5.74) is 2.81. The highest BCUT2D eigenvalue weighted by Gasteiger charge is 2.26. The summed E-state index contributed by atoms with van der Waals surface area (Å²) in [4.78, 5) is 49.0. The van der Waals surface area contributed by atoms with Crippen LogP contribution in [0.1, 0.15) is 58.8 Å². The van der Waals surface area contributed by atoms with E-state index in [0.717, 1.165) is 0 Å². The van der Waals surface area contributed by atoms with Crippen LogP contribution in [0.2, 0.25) is 0 Å². The summed E-state index contributed by atoms with van der Waals surface area (Å²) in [5, 5.41) is 5.02. The highest BCUT2D eigenvalue weighted by atomic mass is 32.1. The Morgan fingerprint density at radius 1 is 0.938 bits per heavy atom. The molecule has 1 fully saturated rings. The van der Waals surface area contributed by atoms with Crippen LogP contribution in [0.5, 0.6) is 0 Å². The summed E-state index contributed by atoms with van der Waals surface area (Å²) in [7, 11) is 0. The number of amides is 2. The number of ketones is 1. The van der Waals surface area contributed by atoms with E-state index in [0.29, 0.717) is 64.6 Å². The second kappa shape index (κ2) is 10.3. The number of anilines is 2. The van der Waals surface area contributed by atoms with Crippen molar-refractivity contribution >= 4 is 62.7 Å². The van der Waals surface area contributed by atoms with Crippen LogP contribution in [0.15, 0.2) is 21.9 Å². The molecule has 7 nitrogen and oxygen atoms in total. The summed E-state index contributed by atoms with van der Waals surface area (Å²) < 4.78 is 0. The maximum atomic E-state index is 13.2. The van der Waals surface area contributed by atoms with Crippen LogP contribution < -0.4 is 9.80 Å². The lowest BCUT2D eigenvalue weighted by Gasteiger charge is -2.22. The van der Waals surface area contributed by atoms with Crippen molar-refractivity contribution in [2.24, 2.45) is 5.92 Å². The van der Waals surface area contributed by atoms with E-state index >= 15 is 0 Å². The van der Waals surface area contributed by atoms with Crippen LogP contribution in [-0.4, -0.2) is 40.7 Å². The van der Waals surface area contributed by atoms with Crippen molar-refractivity contribution in [3.63, 3.8) is 0 Å². The first-order valence-electron chi connectivity index (χ1n) is 10.7. The Morgan fingerprint density at radius 3 is 1.69 bits per heavy atom. The van der Waals surface area contributed by atoms with Crippen molar-refractivity contribution in [2.75, 3.05) is 22.9 Å². The van der Waals surface area contributed by atoms with E-state index in [1.165, 1.54) is 36.5 Å². The molecule has 32 heavy (non-hydrogen) atoms. The fourth-order valence-electron chi connectivity index (χ4n) is 3.74. The molecule has 0 aliphatic heterocycles. The van der Waals surface area contributed by atoms with Crippen LogP contribution in [0.3, 0.4) is 0 Å². The van der Waals surface area contributed by atoms with E-state index in [1.807, 2.05) is 36.8 Å². The lowest BCUT2D eigenvalue weighted by Crippen LogP contribution is -2.27. The third kappa shape index (κ3) is 5.39. The molecule has 170 valence electrons. The lowest BCUT2D eigenvalue weighted by molar-refractivity contribution is -0.117. The molecule has 0 aromatic carbocycles. The molecule has 0 saturated heterocycles. The summed E-state index contributed by atoms with van der Waals surface area (Å²) in [6.07, 6.45) is 5.04. The number of rotatable bonds is 6. The molecule has 1 aliphatic rings. The van der Waals surface area contributed by atoms with Gasteiger partial charge in [-0.1, -0.05) is 6.92 Å². The molecule has 2 aromatic heterocycles. The molecular formula is C23H28N4O3S2. The number of Topliss-reactive ketones (excluding diaryl/α,β-unsaturated/α-hetero) is 1. The van der Waals surface area contributed by atoms with Crippen LogP contribution in [0.4, 0.5) is 10.3 Å². The van der Waals surface area contributed by atoms with Crippen molar-refractivity contribution in [2.45, 2.75) is 47.5 Å². The number of aromatic nitrogens is 2. The third-order valence-corrected chi connectivity index (χ3v) is 7.00. The Kier molecular flexibility index (Phi) is 7.73. The van der Waals surface area contributed by atoms with Crippen LogP contribution in [-0.2, 0) is 14.4 Å². The van der Waals surface area contributed by atoms with Crippen LogP contribution in [0, 0.1) is 5.92 Å². The Hall–Kier alpha value is -2.65. The van der Waals surface area contributed by atoms with E-state index in [-0.39, 0.29) is 17.6 Å². The molecule has 2 amide bonds. The van der Waals surface area contributed by atoms with Crippen molar-refractivity contribution in [3.8, 4) is 0 Å². The van der Waals surface area contributed by atoms with Gasteiger partial charge in [-0.05, 0) is 44.8 Å². The molecule has 2 heterocycles. The van der Waals surface area contributed by atoms with Crippen molar-refractivity contribution < 1.29 is 14.4 Å². The van der Waals surface area contributed by atoms with Gasteiger partial charge in [-0.2, -0.15) is 0 Å². The fourth-order valence-corrected chi connectivity index (χ4v) is 5.52. The molecule has 3 rings (SSSR count). The van der Waals surface area contributed by atoms with Crippen molar-refractivity contribution in [1.29, 1.82) is 0 Å². The number of thiazole rings is 2. The van der Waals surface area contributed by atoms with Gasteiger partial charge in [-0.3, -0.25) is 24.2 Å². The van der Waals surface area contributed by atoms with Crippen molar-refractivity contribution in [3.05, 3.63) is 33.3 Å². The highest BCUT2D eigenvalue weighted by molar-refractivity contribution is 7.14. The van der Waals surface area contributed by atoms with E-state index < -0.39 is 0 Å². The van der Waals surface area contributed by atoms with Crippen molar-refractivity contribution in [1.82, 2.24) is 9.97 Å². The molecule has 0 atom stereocenters. The summed E-state index contributed by atoms with van der Waals surface area (Å²) in [5.74, 6) is 0.213. The van der Waals surface area contributed by atoms with Crippen LogP contribution >= 0.6 is 22.7 Å². The van der Waals surface area contributed by atoms with Gasteiger partial charge in [0.2, 0.25) is 11.8 Å². The van der Waals surface area contributed by atoms with Gasteiger partial charge in [-0.25, -0.2) is 9.97 Å². The number of allylic oxidation sites excluding steroid dienone is 2. The summed E-state index contributed by atoms with van der Waals surface area (Å²) >= 11 is 2.79. The first-order valence-corrected chi connectivity index (χ1v) is 12.4. The van der Waals surface area contributed by atoms with Crippen LogP contribution in [0.25, 0.3) is 12.2 Å². The Bertz CT molecular complexity index is 1000. The van der Waals surface area contributed by atoms with Gasteiger partial charge in [0.1, 0.15) is 0 Å². The second-order valence-corrected chi connectivity index (χ2v) is 9.49. The normalized spacial score (nSPS) is 18.9. The molecule has 0 bridgehead atoms. The number of hydrogen-bond acceptors (Lipinski definition) is 7. The fraction of sp³-hybridized carbons (Fsp3) is 0.435. The highest BCUT2D eigenvalue weighted by Crippen LogP contribution is 2.33. The minimum atomic E-state index is -0.0531. The number of nitrogens with zero attached hydrogens (tertiary/aromatic N) is 4. The monoisotopic (exact) mass is 472 g/mol. The molecule has 0 spiro atoms. The van der Waals surface area contributed by atoms with Gasteiger partial charge >= 0.3 is 0 Å². The molecule has 0 N–H and O–H groups in total. The molecule has 1 saturated carbocycles. The SMILES string of the molecule is CCN(C(C)=O)c1nc(/C=C2\CC(C)C/C(=C\c3csc(N(CC)C(C)=O)n3)C2=O)cs1. The van der Waals surface area contributed by atoms with E-state index in [2.05, 4.69) is 16.9 Å². The Morgan fingerprint density at radius 2 is 1.34 bits per heavy atom. The predicted molar refractivity (Wildman–Crippen MR) is 131 cm³/mol. The molecule has 9 heteroatoms. The molecular weight excluding hydrogens is 444 g/mol. The Labute approximate surface area is 196 Å². The van der Waals surface area contributed by atoms with Gasteiger partial charge in [0, 0.05) is 48.8 Å². The van der Waals surface area contributed by atoms with Gasteiger partial charge in [0.25, 0.3) is 0 Å². The first-order chi connectivity index (χ1) is 15.2. The summed E-state index contributed by atoms with van der Waals surface area (Å²) in [6.45, 7) is 10.1. The lowest BCUT2D eigenvalue weighted by atomic mass is 9.81. The second-order valence-electron chi connectivity index (χ2n) is 7.82. The third-order valence-electron chi connectivity index (χ3n) is 5.24. The van der Waals surface area contributed by atoms with E-state index in [1.54, 1.807) is 9.80 Å².